The van der Waals surface area contributed by atoms with Crippen molar-refractivity contribution in [3.05, 3.63) is 0 Å². The van der Waals surface area contributed by atoms with Crippen molar-refractivity contribution in [2.24, 2.45) is 0 Å². The van der Waals surface area contributed by atoms with Crippen LogP contribution in [0.4, 0.5) is 0 Å². The number of phosphoric ester groups is 1. The highest BCUT2D eigenvalue weighted by Crippen LogP contribution is 2.40. The lowest BCUT2D eigenvalue weighted by molar-refractivity contribution is 0.0179. The molecule has 0 aromatic carbocycles. The van der Waals surface area contributed by atoms with Crippen LogP contribution in [-0.4, -0.2) is 46.5 Å². The van der Waals surface area contributed by atoms with Gasteiger partial charge in [0.15, 0.2) is 0 Å². The Labute approximate surface area is 83.8 Å². The van der Waals surface area contributed by atoms with E-state index in [0.29, 0.717) is 0 Å². The van der Waals surface area contributed by atoms with Crippen LogP contribution in [0.2, 0.25) is 19.6 Å². The fourth-order valence-electron chi connectivity index (χ4n) is 1.05. The predicted octanol–water partition coefficient (Wildman–Crippen LogP) is -0.305. The first-order valence-electron chi connectivity index (χ1n) is 4.11. The Morgan fingerprint density at radius 2 is 1.79 bits per heavy atom. The van der Waals surface area contributed by atoms with E-state index in [1.807, 2.05) is 0 Å². The van der Waals surface area contributed by atoms with E-state index in [0.717, 1.165) is 0 Å². The van der Waals surface area contributed by atoms with Crippen molar-refractivity contribution in [2.45, 2.75) is 31.5 Å². The van der Waals surface area contributed by atoms with Crippen LogP contribution in [0.25, 0.3) is 0 Å². The number of hydrogen-bond acceptors (Lipinski definition) is 4. The third-order valence-electron chi connectivity index (χ3n) is 1.64. The zero-order valence-electron chi connectivity index (χ0n) is 8.41. The number of aliphatic hydroxyl groups is 2. The molecule has 0 rings (SSSR count). The van der Waals surface area contributed by atoms with Gasteiger partial charge in [-0.05, 0) is 0 Å². The van der Waals surface area contributed by atoms with Gasteiger partial charge < -0.3 is 20.0 Å². The summed E-state index contributed by atoms with van der Waals surface area (Å²) in [6.45, 7) is 4.78. The molecule has 0 radical (unpaired) electrons. The lowest BCUT2D eigenvalue weighted by Crippen LogP contribution is -2.49. The molecule has 0 aliphatic heterocycles. The molecule has 0 bridgehead atoms. The summed E-state index contributed by atoms with van der Waals surface area (Å²) in [7, 11) is -6.73. The summed E-state index contributed by atoms with van der Waals surface area (Å²) >= 11 is 0. The Bertz CT molecular complexity index is 221. The van der Waals surface area contributed by atoms with Crippen LogP contribution in [0.1, 0.15) is 0 Å². The molecule has 0 fully saturated rings. The van der Waals surface area contributed by atoms with Crippen molar-refractivity contribution < 1.29 is 29.1 Å². The minimum absolute atomic E-state index is 0.574. The second kappa shape index (κ2) is 4.85. The highest BCUT2D eigenvalue weighted by Gasteiger charge is 2.38. The third kappa shape index (κ3) is 5.21. The summed E-state index contributed by atoms with van der Waals surface area (Å²) in [4.78, 5) is 17.2. The van der Waals surface area contributed by atoms with Gasteiger partial charge in [-0.15, -0.1) is 0 Å². The van der Waals surface area contributed by atoms with Gasteiger partial charge in [0.1, 0.15) is 6.10 Å². The Morgan fingerprint density at radius 3 is 2.00 bits per heavy atom. The molecule has 86 valence electrons. The average molecular weight is 244 g/mol. The second-order valence-corrected chi connectivity index (χ2v) is 10.6. The van der Waals surface area contributed by atoms with Crippen molar-refractivity contribution in [3.63, 3.8) is 0 Å². The molecule has 6 nitrogen and oxygen atoms in total. The van der Waals surface area contributed by atoms with E-state index in [2.05, 4.69) is 4.52 Å². The molecule has 0 aliphatic rings. The van der Waals surface area contributed by atoms with Crippen molar-refractivity contribution >= 4 is 15.9 Å². The smallest absolute Gasteiger partial charge is 0.394 e. The van der Waals surface area contributed by atoms with Crippen LogP contribution >= 0.6 is 7.82 Å². The monoisotopic (exact) mass is 244 g/mol. The minimum atomic E-state index is -4.62. The fourth-order valence-corrected chi connectivity index (χ4v) is 4.42. The molecular formula is C6H17O6PSi. The molecule has 0 heterocycles. The van der Waals surface area contributed by atoms with Crippen molar-refractivity contribution in [2.75, 3.05) is 6.61 Å². The fraction of sp³-hybridized carbons (Fsp3) is 1.00. The summed E-state index contributed by atoms with van der Waals surface area (Å²) in [5.74, 6) is 0. The zero-order chi connectivity index (χ0) is 11.6. The highest BCUT2D eigenvalue weighted by atomic mass is 31.2. The quantitative estimate of drug-likeness (QED) is 0.390. The molecule has 8 heteroatoms. The first-order valence-corrected chi connectivity index (χ1v) is 9.21. The van der Waals surface area contributed by atoms with Gasteiger partial charge in [-0.3, -0.25) is 4.52 Å². The number of phosphoric acid groups is 1. The zero-order valence-corrected chi connectivity index (χ0v) is 10.3. The van der Waals surface area contributed by atoms with Gasteiger partial charge in [-0.1, -0.05) is 19.6 Å². The van der Waals surface area contributed by atoms with Crippen molar-refractivity contribution in [1.29, 1.82) is 0 Å². The van der Waals surface area contributed by atoms with Gasteiger partial charge in [0.25, 0.3) is 0 Å². The van der Waals surface area contributed by atoms with Gasteiger partial charge in [0, 0.05) is 0 Å². The molecule has 0 saturated heterocycles. The third-order valence-corrected chi connectivity index (χ3v) is 4.55. The first kappa shape index (κ1) is 14.2. The molecule has 4 N–H and O–H groups in total. The minimum Gasteiger partial charge on any atom is -0.394 e. The second-order valence-electron chi connectivity index (χ2n) is 4.13. The maximum Gasteiger partial charge on any atom is 0.469 e. The summed E-state index contributed by atoms with van der Waals surface area (Å²) in [5.41, 5.74) is -0.978. The predicted molar refractivity (Wildman–Crippen MR) is 53.4 cm³/mol. The molecule has 0 saturated carbocycles. The van der Waals surface area contributed by atoms with E-state index in [1.165, 1.54) is 0 Å². The molecule has 14 heavy (non-hydrogen) atoms. The summed E-state index contributed by atoms with van der Waals surface area (Å²) < 4.78 is 15.1. The van der Waals surface area contributed by atoms with Gasteiger partial charge >= 0.3 is 7.82 Å². The van der Waals surface area contributed by atoms with Crippen LogP contribution in [0.15, 0.2) is 0 Å². The largest absolute Gasteiger partial charge is 0.469 e. The van der Waals surface area contributed by atoms with Crippen LogP contribution in [-0.2, 0) is 9.09 Å². The van der Waals surface area contributed by atoms with Gasteiger partial charge in [0.05, 0.1) is 20.4 Å². The molecule has 0 spiro atoms. The van der Waals surface area contributed by atoms with E-state index in [9.17, 15) is 9.67 Å². The maximum atomic E-state index is 10.6. The Balaban J connectivity index is 4.67. The van der Waals surface area contributed by atoms with Crippen LogP contribution in [0.5, 0.6) is 0 Å². The molecule has 0 aromatic rings. The summed E-state index contributed by atoms with van der Waals surface area (Å²) in [6.07, 6.45) is -1.26. The summed E-state index contributed by atoms with van der Waals surface area (Å²) in [6, 6.07) is 0. The number of hydrogen-bond donors (Lipinski definition) is 4. The van der Waals surface area contributed by atoms with E-state index < -0.39 is 34.3 Å². The van der Waals surface area contributed by atoms with Crippen LogP contribution < -0.4 is 0 Å². The molecule has 0 amide bonds. The molecule has 2 unspecified atom stereocenters. The first-order chi connectivity index (χ1) is 6.08. The van der Waals surface area contributed by atoms with Crippen LogP contribution in [0.3, 0.4) is 0 Å². The Morgan fingerprint density at radius 1 is 1.36 bits per heavy atom. The number of rotatable bonds is 5. The van der Waals surface area contributed by atoms with E-state index >= 15 is 0 Å². The highest BCUT2D eigenvalue weighted by molar-refractivity contribution is 7.46. The van der Waals surface area contributed by atoms with E-state index in [1.54, 1.807) is 19.6 Å². The van der Waals surface area contributed by atoms with E-state index in [-0.39, 0.29) is 0 Å². The Hall–Kier alpha value is 0.247. The van der Waals surface area contributed by atoms with Gasteiger partial charge in [-0.2, -0.15) is 0 Å². The lowest BCUT2D eigenvalue weighted by atomic mass is 10.4. The molecular weight excluding hydrogens is 227 g/mol. The standard InChI is InChI=1S/C6H17O6PSi/c1-14(2,3)6(5(8)4-7)12-13(9,10)11/h5-8H,4H2,1-3H3,(H2,9,10,11). The average Bonchev–Trinajstić information content (AvgIpc) is 1.95. The maximum absolute atomic E-state index is 10.6. The summed E-state index contributed by atoms with van der Waals surface area (Å²) in [5, 5.41) is 18.0. The van der Waals surface area contributed by atoms with Crippen molar-refractivity contribution in [1.82, 2.24) is 0 Å². The number of aliphatic hydroxyl groups excluding tert-OH is 2. The van der Waals surface area contributed by atoms with Crippen molar-refractivity contribution in [3.8, 4) is 0 Å². The SMILES string of the molecule is C[Si](C)(C)C(OP(=O)(O)O)C(O)CO. The topological polar surface area (TPSA) is 107 Å². The normalized spacial score (nSPS) is 17.9. The van der Waals surface area contributed by atoms with Crippen LogP contribution in [0, 0.1) is 0 Å². The van der Waals surface area contributed by atoms with Gasteiger partial charge in [-0.25, -0.2) is 4.57 Å². The molecule has 0 aromatic heterocycles. The Kier molecular flexibility index (Phi) is 4.93. The molecule has 2 atom stereocenters. The lowest BCUT2D eigenvalue weighted by Gasteiger charge is -2.31. The van der Waals surface area contributed by atoms with Gasteiger partial charge in [0.2, 0.25) is 0 Å². The van der Waals surface area contributed by atoms with E-state index in [4.69, 9.17) is 14.9 Å². The molecule has 0 aliphatic carbocycles.